The first-order valence-electron chi connectivity index (χ1n) is 6.01. The Morgan fingerprint density at radius 1 is 0.833 bits per heavy atom. The van der Waals surface area contributed by atoms with Crippen molar-refractivity contribution in [2.45, 2.75) is 20.8 Å². The van der Waals surface area contributed by atoms with Crippen LogP contribution in [-0.4, -0.2) is 5.91 Å². The highest BCUT2D eigenvalue weighted by Gasteiger charge is 2.06. The Bertz CT molecular complexity index is 550. The van der Waals surface area contributed by atoms with Crippen LogP contribution in [0.15, 0.2) is 42.5 Å². The molecule has 1 N–H and O–H groups in total. The van der Waals surface area contributed by atoms with Gasteiger partial charge in [0.1, 0.15) is 0 Å². The van der Waals surface area contributed by atoms with Crippen LogP contribution >= 0.6 is 0 Å². The second-order valence-electron chi connectivity index (χ2n) is 4.70. The molecule has 0 atom stereocenters. The van der Waals surface area contributed by atoms with E-state index in [9.17, 15) is 4.79 Å². The number of hydrogen-bond acceptors (Lipinski definition) is 1. The molecule has 0 saturated carbocycles. The van der Waals surface area contributed by atoms with Crippen LogP contribution in [-0.2, 0) is 0 Å². The molecule has 1 amide bonds. The Morgan fingerprint density at radius 2 is 1.39 bits per heavy atom. The highest BCUT2D eigenvalue weighted by molar-refractivity contribution is 6.04. The molecule has 0 heterocycles. The van der Waals surface area contributed by atoms with Crippen molar-refractivity contribution in [3.8, 4) is 0 Å². The fourth-order valence-corrected chi connectivity index (χ4v) is 1.95. The van der Waals surface area contributed by atoms with Gasteiger partial charge in [0, 0.05) is 11.3 Å². The maximum Gasteiger partial charge on any atom is 0.255 e. The number of anilines is 1. The topological polar surface area (TPSA) is 29.1 Å². The van der Waals surface area contributed by atoms with Gasteiger partial charge in [-0.05, 0) is 45.0 Å². The summed E-state index contributed by atoms with van der Waals surface area (Å²) in [5.41, 5.74) is 4.91. The molecule has 0 fully saturated rings. The molecule has 18 heavy (non-hydrogen) atoms. The molecular formula is C16H17NO. The lowest BCUT2D eigenvalue weighted by atomic mass is 10.1. The van der Waals surface area contributed by atoms with Crippen LogP contribution in [0.25, 0.3) is 0 Å². The molecule has 0 saturated heterocycles. The van der Waals surface area contributed by atoms with Gasteiger partial charge >= 0.3 is 0 Å². The standard InChI is InChI=1S/C16H17NO/c1-11-4-6-15(7-5-11)17-16(18)14-9-12(2)8-13(3)10-14/h4-10H,1-3H3,(H,17,18). The minimum absolute atomic E-state index is 0.0642. The van der Waals surface area contributed by atoms with Gasteiger partial charge in [-0.3, -0.25) is 4.79 Å². The maximum atomic E-state index is 12.1. The zero-order valence-corrected chi connectivity index (χ0v) is 10.9. The molecule has 0 unspecified atom stereocenters. The summed E-state index contributed by atoms with van der Waals surface area (Å²) in [5, 5.41) is 2.90. The molecule has 2 aromatic carbocycles. The smallest absolute Gasteiger partial charge is 0.255 e. The first-order chi connectivity index (χ1) is 8.54. The third-order valence-electron chi connectivity index (χ3n) is 2.79. The van der Waals surface area contributed by atoms with Crippen molar-refractivity contribution in [3.63, 3.8) is 0 Å². The molecule has 2 heteroatoms. The van der Waals surface area contributed by atoms with Crippen LogP contribution < -0.4 is 5.32 Å². The van der Waals surface area contributed by atoms with E-state index >= 15 is 0 Å². The number of nitrogens with one attached hydrogen (secondary N) is 1. The van der Waals surface area contributed by atoms with Crippen LogP contribution in [0.5, 0.6) is 0 Å². The number of rotatable bonds is 2. The highest BCUT2D eigenvalue weighted by atomic mass is 16.1. The summed E-state index contributed by atoms with van der Waals surface area (Å²) in [6.07, 6.45) is 0. The summed E-state index contributed by atoms with van der Waals surface area (Å²) in [6, 6.07) is 13.6. The van der Waals surface area contributed by atoms with E-state index in [1.54, 1.807) is 0 Å². The van der Waals surface area contributed by atoms with Crippen molar-refractivity contribution in [1.82, 2.24) is 0 Å². The van der Waals surface area contributed by atoms with Crippen LogP contribution in [0.1, 0.15) is 27.0 Å². The van der Waals surface area contributed by atoms with E-state index in [4.69, 9.17) is 0 Å². The number of carbonyl (C=O) groups is 1. The zero-order chi connectivity index (χ0) is 13.1. The monoisotopic (exact) mass is 239 g/mol. The van der Waals surface area contributed by atoms with Gasteiger partial charge in [-0.2, -0.15) is 0 Å². The molecule has 2 aromatic rings. The molecule has 92 valence electrons. The van der Waals surface area contributed by atoms with E-state index in [2.05, 4.69) is 11.4 Å². The van der Waals surface area contributed by atoms with E-state index in [0.717, 1.165) is 16.8 Å². The molecule has 0 bridgehead atoms. The molecule has 0 aromatic heterocycles. The Hall–Kier alpha value is -2.09. The Morgan fingerprint density at radius 3 is 1.94 bits per heavy atom. The predicted octanol–water partition coefficient (Wildman–Crippen LogP) is 3.86. The van der Waals surface area contributed by atoms with Crippen molar-refractivity contribution in [1.29, 1.82) is 0 Å². The number of benzene rings is 2. The predicted molar refractivity (Wildman–Crippen MR) is 75.0 cm³/mol. The molecular weight excluding hydrogens is 222 g/mol. The second kappa shape index (κ2) is 5.05. The number of carbonyl (C=O) groups excluding carboxylic acids is 1. The lowest BCUT2D eigenvalue weighted by molar-refractivity contribution is 0.102. The molecule has 0 radical (unpaired) electrons. The van der Waals surface area contributed by atoms with Gasteiger partial charge in [0.25, 0.3) is 5.91 Å². The minimum atomic E-state index is -0.0642. The largest absolute Gasteiger partial charge is 0.322 e. The van der Waals surface area contributed by atoms with Crippen LogP contribution in [0.3, 0.4) is 0 Å². The summed E-state index contributed by atoms with van der Waals surface area (Å²) < 4.78 is 0. The summed E-state index contributed by atoms with van der Waals surface area (Å²) in [4.78, 5) is 12.1. The van der Waals surface area contributed by atoms with Crippen LogP contribution in [0.4, 0.5) is 5.69 Å². The van der Waals surface area contributed by atoms with Crippen molar-refractivity contribution >= 4 is 11.6 Å². The zero-order valence-electron chi connectivity index (χ0n) is 10.9. The number of aryl methyl sites for hydroxylation is 3. The van der Waals surface area contributed by atoms with Crippen molar-refractivity contribution in [3.05, 3.63) is 64.7 Å². The Balaban J connectivity index is 2.19. The fourth-order valence-electron chi connectivity index (χ4n) is 1.95. The third kappa shape index (κ3) is 2.98. The quantitative estimate of drug-likeness (QED) is 0.847. The maximum absolute atomic E-state index is 12.1. The van der Waals surface area contributed by atoms with Crippen molar-refractivity contribution in [2.75, 3.05) is 5.32 Å². The number of hydrogen-bond donors (Lipinski definition) is 1. The van der Waals surface area contributed by atoms with E-state index < -0.39 is 0 Å². The van der Waals surface area contributed by atoms with E-state index in [0.29, 0.717) is 5.56 Å². The third-order valence-corrected chi connectivity index (χ3v) is 2.79. The van der Waals surface area contributed by atoms with Crippen LogP contribution in [0, 0.1) is 20.8 Å². The van der Waals surface area contributed by atoms with Crippen molar-refractivity contribution < 1.29 is 4.79 Å². The lowest BCUT2D eigenvalue weighted by Gasteiger charge is -2.07. The van der Waals surface area contributed by atoms with Gasteiger partial charge in [-0.25, -0.2) is 0 Å². The molecule has 0 aliphatic carbocycles. The van der Waals surface area contributed by atoms with Gasteiger partial charge in [0.2, 0.25) is 0 Å². The van der Waals surface area contributed by atoms with Gasteiger partial charge in [-0.15, -0.1) is 0 Å². The average molecular weight is 239 g/mol. The summed E-state index contributed by atoms with van der Waals surface area (Å²) in [7, 11) is 0. The fraction of sp³-hybridized carbons (Fsp3) is 0.188. The minimum Gasteiger partial charge on any atom is -0.322 e. The normalized spacial score (nSPS) is 10.2. The van der Waals surface area contributed by atoms with Gasteiger partial charge in [0.15, 0.2) is 0 Å². The van der Waals surface area contributed by atoms with Crippen LogP contribution in [0.2, 0.25) is 0 Å². The first kappa shape index (κ1) is 12.4. The van der Waals surface area contributed by atoms with E-state index in [1.165, 1.54) is 5.56 Å². The lowest BCUT2D eigenvalue weighted by Crippen LogP contribution is -2.12. The van der Waals surface area contributed by atoms with E-state index in [1.807, 2.05) is 57.2 Å². The first-order valence-corrected chi connectivity index (χ1v) is 6.01. The van der Waals surface area contributed by atoms with Gasteiger partial charge in [-0.1, -0.05) is 34.9 Å². The Kier molecular flexibility index (Phi) is 3.47. The number of amides is 1. The van der Waals surface area contributed by atoms with Gasteiger partial charge in [0.05, 0.1) is 0 Å². The molecule has 2 rings (SSSR count). The SMILES string of the molecule is Cc1ccc(NC(=O)c2cc(C)cc(C)c2)cc1. The van der Waals surface area contributed by atoms with Crippen molar-refractivity contribution in [2.24, 2.45) is 0 Å². The molecule has 0 spiro atoms. The molecule has 0 aliphatic heterocycles. The molecule has 0 aliphatic rings. The second-order valence-corrected chi connectivity index (χ2v) is 4.70. The summed E-state index contributed by atoms with van der Waals surface area (Å²) in [6.45, 7) is 6.01. The molecule has 2 nitrogen and oxygen atoms in total. The average Bonchev–Trinajstić information content (AvgIpc) is 2.31. The summed E-state index contributed by atoms with van der Waals surface area (Å²) in [5.74, 6) is -0.0642. The van der Waals surface area contributed by atoms with E-state index in [-0.39, 0.29) is 5.91 Å². The van der Waals surface area contributed by atoms with Gasteiger partial charge < -0.3 is 5.32 Å². The summed E-state index contributed by atoms with van der Waals surface area (Å²) >= 11 is 0. The Labute approximate surface area is 108 Å². The highest BCUT2D eigenvalue weighted by Crippen LogP contribution is 2.13.